The highest BCUT2D eigenvalue weighted by Crippen LogP contribution is 2.11. The molecule has 1 heterocycles. The highest BCUT2D eigenvalue weighted by molar-refractivity contribution is 6.04. The minimum Gasteiger partial charge on any atom is -0.325 e. The summed E-state index contributed by atoms with van der Waals surface area (Å²) in [5.74, 6) is -0.274. The van der Waals surface area contributed by atoms with Crippen molar-refractivity contribution < 1.29 is 9.59 Å². The first kappa shape index (κ1) is 9.51. The molecule has 5 nitrogen and oxygen atoms in total. The van der Waals surface area contributed by atoms with E-state index in [1.807, 2.05) is 18.2 Å². The maximum atomic E-state index is 11.5. The highest BCUT2D eigenvalue weighted by atomic mass is 16.2. The molecule has 78 valence electrons. The number of benzene rings is 1. The van der Waals surface area contributed by atoms with E-state index in [4.69, 9.17) is 0 Å². The van der Waals surface area contributed by atoms with Gasteiger partial charge in [-0.3, -0.25) is 10.2 Å². The molecule has 0 aliphatic carbocycles. The number of hydrogen-bond acceptors (Lipinski definition) is 3. The molecule has 1 aliphatic rings. The Bertz CT molecular complexity index is 391. The Labute approximate surface area is 87.0 Å². The summed E-state index contributed by atoms with van der Waals surface area (Å²) < 4.78 is 0. The third-order valence-electron chi connectivity index (χ3n) is 2.15. The normalized spacial score (nSPS) is 20.3. The predicted molar refractivity (Wildman–Crippen MR) is 54.9 cm³/mol. The molecule has 0 unspecified atom stereocenters. The largest absolute Gasteiger partial charge is 0.344 e. The number of carbonyl (C=O) groups excluding carboxylic acids is 2. The van der Waals surface area contributed by atoms with E-state index in [0.717, 1.165) is 5.01 Å². The molecule has 0 saturated carbocycles. The molecule has 5 heteroatoms. The fourth-order valence-electron chi connectivity index (χ4n) is 1.35. The van der Waals surface area contributed by atoms with Crippen molar-refractivity contribution in [3.8, 4) is 0 Å². The van der Waals surface area contributed by atoms with Crippen LogP contribution in [0.3, 0.4) is 0 Å². The van der Waals surface area contributed by atoms with Crippen molar-refractivity contribution in [1.82, 2.24) is 10.3 Å². The van der Waals surface area contributed by atoms with Crippen molar-refractivity contribution in [3.63, 3.8) is 0 Å². The van der Waals surface area contributed by atoms with E-state index >= 15 is 0 Å². The monoisotopic (exact) mass is 205 g/mol. The second kappa shape index (κ2) is 3.61. The lowest BCUT2D eigenvalue weighted by Crippen LogP contribution is -2.36. The molecule has 2 N–H and O–H groups in total. The lowest BCUT2D eigenvalue weighted by molar-refractivity contribution is -0.126. The fraction of sp³-hybridized carbons (Fsp3) is 0.200. The summed E-state index contributed by atoms with van der Waals surface area (Å²) in [5.41, 5.74) is 3.45. The minimum atomic E-state index is -0.464. The third-order valence-corrected chi connectivity index (χ3v) is 2.15. The summed E-state index contributed by atoms with van der Waals surface area (Å²) in [5, 5.41) is 3.50. The van der Waals surface area contributed by atoms with Gasteiger partial charge in [0.2, 0.25) is 0 Å². The van der Waals surface area contributed by atoms with Gasteiger partial charge in [0.25, 0.3) is 5.91 Å². The molecule has 3 amide bonds. The van der Waals surface area contributed by atoms with Gasteiger partial charge in [-0.1, -0.05) is 18.2 Å². The fourth-order valence-corrected chi connectivity index (χ4v) is 1.35. The molecule has 1 saturated heterocycles. The van der Waals surface area contributed by atoms with Gasteiger partial charge in [-0.25, -0.2) is 4.79 Å². The van der Waals surface area contributed by atoms with Gasteiger partial charge in [0.1, 0.15) is 6.04 Å². The Morgan fingerprint density at radius 1 is 1.27 bits per heavy atom. The Morgan fingerprint density at radius 2 is 1.93 bits per heavy atom. The molecule has 1 aromatic carbocycles. The van der Waals surface area contributed by atoms with E-state index < -0.39 is 12.1 Å². The van der Waals surface area contributed by atoms with E-state index in [2.05, 4.69) is 10.7 Å². The second-order valence-electron chi connectivity index (χ2n) is 3.32. The van der Waals surface area contributed by atoms with Crippen LogP contribution in [0, 0.1) is 0 Å². The van der Waals surface area contributed by atoms with Crippen LogP contribution in [0.4, 0.5) is 10.5 Å². The van der Waals surface area contributed by atoms with Gasteiger partial charge in [-0.2, -0.15) is 5.01 Å². The summed E-state index contributed by atoms with van der Waals surface area (Å²) in [6.07, 6.45) is 0. The van der Waals surface area contributed by atoms with Crippen molar-refractivity contribution >= 4 is 17.6 Å². The number of rotatable bonds is 2. The van der Waals surface area contributed by atoms with Crippen molar-refractivity contribution in [2.45, 2.75) is 13.0 Å². The zero-order chi connectivity index (χ0) is 10.8. The van der Waals surface area contributed by atoms with Gasteiger partial charge >= 0.3 is 6.03 Å². The number of nitrogens with one attached hydrogen (secondary N) is 2. The summed E-state index contributed by atoms with van der Waals surface area (Å²) in [7, 11) is 0. The Balaban J connectivity index is 2.13. The van der Waals surface area contributed by atoms with Gasteiger partial charge in [0.15, 0.2) is 0 Å². The number of imide groups is 1. The maximum Gasteiger partial charge on any atom is 0.344 e. The van der Waals surface area contributed by atoms with Crippen molar-refractivity contribution in [2.75, 3.05) is 5.43 Å². The highest BCUT2D eigenvalue weighted by Gasteiger charge is 2.35. The topological polar surface area (TPSA) is 61.4 Å². The molecule has 0 spiro atoms. The van der Waals surface area contributed by atoms with E-state index in [1.54, 1.807) is 19.1 Å². The average Bonchev–Trinajstić information content (AvgIpc) is 2.47. The first-order valence-corrected chi connectivity index (χ1v) is 4.64. The van der Waals surface area contributed by atoms with Crippen LogP contribution in [0.15, 0.2) is 30.3 Å². The molecule has 0 aromatic heterocycles. The van der Waals surface area contributed by atoms with Crippen LogP contribution in [-0.2, 0) is 4.79 Å². The first-order chi connectivity index (χ1) is 7.18. The van der Waals surface area contributed by atoms with E-state index in [1.165, 1.54) is 0 Å². The molecule has 0 radical (unpaired) electrons. The minimum absolute atomic E-state index is 0.274. The molecule has 1 aromatic rings. The summed E-state index contributed by atoms with van der Waals surface area (Å²) >= 11 is 0. The van der Waals surface area contributed by atoms with Crippen molar-refractivity contribution in [2.24, 2.45) is 0 Å². The van der Waals surface area contributed by atoms with Crippen LogP contribution in [0.5, 0.6) is 0 Å². The van der Waals surface area contributed by atoms with Gasteiger partial charge in [0.05, 0.1) is 5.69 Å². The molecule has 15 heavy (non-hydrogen) atoms. The number of para-hydroxylation sites is 1. The van der Waals surface area contributed by atoms with Crippen LogP contribution >= 0.6 is 0 Å². The number of amides is 3. The number of carbonyl (C=O) groups is 2. The zero-order valence-electron chi connectivity index (χ0n) is 8.23. The molecule has 1 fully saturated rings. The number of urea groups is 1. The third kappa shape index (κ3) is 1.76. The Hall–Kier alpha value is -2.04. The van der Waals surface area contributed by atoms with Crippen LogP contribution in [0.25, 0.3) is 0 Å². The summed E-state index contributed by atoms with van der Waals surface area (Å²) in [4.78, 5) is 22.8. The van der Waals surface area contributed by atoms with E-state index in [0.29, 0.717) is 5.69 Å². The summed E-state index contributed by atoms with van der Waals surface area (Å²) in [6, 6.07) is 8.19. The van der Waals surface area contributed by atoms with Crippen LogP contribution in [-0.4, -0.2) is 23.0 Å². The SMILES string of the molecule is C[C@H]1NC(=O)N(Nc2ccccc2)C1=O. The van der Waals surface area contributed by atoms with Crippen molar-refractivity contribution in [1.29, 1.82) is 0 Å². The first-order valence-electron chi connectivity index (χ1n) is 4.64. The predicted octanol–water partition coefficient (Wildman–Crippen LogP) is 0.954. The van der Waals surface area contributed by atoms with Gasteiger partial charge in [0, 0.05) is 0 Å². The standard InChI is InChI=1S/C10H11N3O2/c1-7-9(14)13(10(15)11-7)12-8-5-3-2-4-6-8/h2-7,12H,1H3,(H,11,15)/t7-/m1/s1. The molecular weight excluding hydrogens is 194 g/mol. The van der Waals surface area contributed by atoms with Crippen LogP contribution in [0.1, 0.15) is 6.92 Å². The Morgan fingerprint density at radius 3 is 2.47 bits per heavy atom. The number of hydrogen-bond donors (Lipinski definition) is 2. The van der Waals surface area contributed by atoms with Crippen LogP contribution < -0.4 is 10.7 Å². The lowest BCUT2D eigenvalue weighted by atomic mass is 10.3. The molecule has 1 atom stereocenters. The number of nitrogens with zero attached hydrogens (tertiary/aromatic N) is 1. The average molecular weight is 205 g/mol. The van der Waals surface area contributed by atoms with Gasteiger partial charge in [-0.05, 0) is 19.1 Å². The number of anilines is 1. The van der Waals surface area contributed by atoms with Gasteiger partial charge in [-0.15, -0.1) is 0 Å². The maximum absolute atomic E-state index is 11.5. The van der Waals surface area contributed by atoms with Crippen molar-refractivity contribution in [3.05, 3.63) is 30.3 Å². The zero-order valence-corrected chi connectivity index (χ0v) is 8.23. The summed E-state index contributed by atoms with van der Waals surface area (Å²) in [6.45, 7) is 1.65. The molecule has 1 aliphatic heterocycles. The second-order valence-corrected chi connectivity index (χ2v) is 3.32. The van der Waals surface area contributed by atoms with E-state index in [-0.39, 0.29) is 5.91 Å². The smallest absolute Gasteiger partial charge is 0.325 e. The van der Waals surface area contributed by atoms with Crippen LogP contribution in [0.2, 0.25) is 0 Å². The molecular formula is C10H11N3O2. The van der Waals surface area contributed by atoms with Gasteiger partial charge < -0.3 is 5.32 Å². The van der Waals surface area contributed by atoms with E-state index in [9.17, 15) is 9.59 Å². The molecule has 0 bridgehead atoms. The number of hydrazine groups is 1. The quantitative estimate of drug-likeness (QED) is 0.707. The lowest BCUT2D eigenvalue weighted by Gasteiger charge is -2.14. The Kier molecular flexibility index (Phi) is 2.29. The molecule has 2 rings (SSSR count).